The first-order chi connectivity index (χ1) is 12.6. The third kappa shape index (κ3) is 6.04. The van der Waals surface area contributed by atoms with Gasteiger partial charge in [-0.3, -0.25) is 0 Å². The molecule has 1 atom stereocenters. The van der Waals surface area contributed by atoms with Crippen molar-refractivity contribution in [1.82, 2.24) is 5.32 Å². The molecule has 5 heteroatoms. The number of carbonyl (C=O) groups is 2. The fourth-order valence-corrected chi connectivity index (χ4v) is 3.51. The van der Waals surface area contributed by atoms with Crippen molar-refractivity contribution in [2.24, 2.45) is 0 Å². The number of unbranched alkanes of at least 4 members (excludes halogenated alkanes) is 5. The van der Waals surface area contributed by atoms with Crippen LogP contribution in [0.2, 0.25) is 0 Å². The van der Waals surface area contributed by atoms with Gasteiger partial charge in [-0.1, -0.05) is 63.3 Å². The van der Waals surface area contributed by atoms with E-state index in [-0.39, 0.29) is 6.61 Å². The van der Waals surface area contributed by atoms with Crippen LogP contribution in [0.5, 0.6) is 0 Å². The molecule has 1 aliphatic rings. The molecule has 144 valence electrons. The fourth-order valence-electron chi connectivity index (χ4n) is 3.51. The van der Waals surface area contributed by atoms with Crippen molar-refractivity contribution >= 4 is 12.1 Å². The number of rotatable bonds is 11. The Hall–Kier alpha value is -2.04. The number of ether oxygens (including phenoxy) is 1. The molecular formula is C21H31NO4. The summed E-state index contributed by atoms with van der Waals surface area (Å²) in [7, 11) is 0. The molecule has 2 rings (SSSR count). The summed E-state index contributed by atoms with van der Waals surface area (Å²) in [6.45, 7) is 2.51. The number of carboxylic acid groups (broad SMARTS) is 1. The van der Waals surface area contributed by atoms with Crippen LogP contribution in [-0.2, 0) is 22.4 Å². The molecule has 0 saturated carbocycles. The standard InChI is InChI=1S/C21H31NO4/c1-2-3-4-5-6-7-8-17-9-11-18(12-10-17)13-14-21(22-20(24)25)15-16-26-19(21)23/h9-12,22H,2-8,13-16H2,1H3,(H,24,25). The highest BCUT2D eigenvalue weighted by molar-refractivity contribution is 5.86. The highest BCUT2D eigenvalue weighted by Gasteiger charge is 2.45. The Morgan fingerprint density at radius 3 is 2.27 bits per heavy atom. The van der Waals surface area contributed by atoms with Gasteiger partial charge in [-0.25, -0.2) is 9.59 Å². The van der Waals surface area contributed by atoms with E-state index in [1.807, 2.05) is 0 Å². The Kier molecular flexibility index (Phi) is 7.95. The molecule has 1 amide bonds. The number of benzene rings is 1. The van der Waals surface area contributed by atoms with E-state index in [1.165, 1.54) is 44.1 Å². The maximum atomic E-state index is 12.0. The van der Waals surface area contributed by atoms with Gasteiger partial charge in [0.25, 0.3) is 0 Å². The molecule has 0 radical (unpaired) electrons. The minimum absolute atomic E-state index is 0.274. The Morgan fingerprint density at radius 1 is 1.08 bits per heavy atom. The first-order valence-corrected chi connectivity index (χ1v) is 9.82. The van der Waals surface area contributed by atoms with E-state index in [2.05, 4.69) is 36.5 Å². The van der Waals surface area contributed by atoms with Crippen LogP contribution in [0.3, 0.4) is 0 Å². The lowest BCUT2D eigenvalue weighted by Crippen LogP contribution is -2.51. The minimum Gasteiger partial charge on any atom is -0.465 e. The van der Waals surface area contributed by atoms with Gasteiger partial charge in [-0.15, -0.1) is 0 Å². The Balaban J connectivity index is 1.79. The van der Waals surface area contributed by atoms with Gasteiger partial charge in [0.2, 0.25) is 0 Å². The quantitative estimate of drug-likeness (QED) is 0.450. The van der Waals surface area contributed by atoms with Gasteiger partial charge in [0, 0.05) is 6.42 Å². The van der Waals surface area contributed by atoms with Gasteiger partial charge in [0.15, 0.2) is 0 Å². The van der Waals surface area contributed by atoms with Gasteiger partial charge in [0.05, 0.1) is 6.61 Å². The second kappa shape index (κ2) is 10.2. The number of amides is 1. The summed E-state index contributed by atoms with van der Waals surface area (Å²) in [6.07, 6.45) is 9.17. The van der Waals surface area contributed by atoms with E-state index in [0.717, 1.165) is 12.0 Å². The second-order valence-corrected chi connectivity index (χ2v) is 7.23. The van der Waals surface area contributed by atoms with E-state index in [1.54, 1.807) is 0 Å². The molecule has 1 aromatic rings. The number of hydrogen-bond acceptors (Lipinski definition) is 3. The third-order valence-corrected chi connectivity index (χ3v) is 5.18. The summed E-state index contributed by atoms with van der Waals surface area (Å²) in [5.74, 6) is -0.459. The zero-order valence-electron chi connectivity index (χ0n) is 15.8. The third-order valence-electron chi connectivity index (χ3n) is 5.18. The topological polar surface area (TPSA) is 75.6 Å². The molecule has 1 unspecified atom stereocenters. The molecule has 2 N–H and O–H groups in total. The molecule has 0 spiro atoms. The molecule has 1 aromatic carbocycles. The van der Waals surface area contributed by atoms with Crippen LogP contribution in [0.1, 0.15) is 69.4 Å². The molecule has 5 nitrogen and oxygen atoms in total. The minimum atomic E-state index is -1.18. The number of esters is 1. The average molecular weight is 361 g/mol. The normalized spacial score (nSPS) is 19.3. The van der Waals surface area contributed by atoms with Crippen LogP contribution >= 0.6 is 0 Å². The maximum Gasteiger partial charge on any atom is 0.405 e. The highest BCUT2D eigenvalue weighted by atomic mass is 16.5. The Bertz CT molecular complexity index is 584. The predicted octanol–water partition coefficient (Wildman–Crippen LogP) is 4.48. The van der Waals surface area contributed by atoms with Crippen molar-refractivity contribution < 1.29 is 19.4 Å². The summed E-state index contributed by atoms with van der Waals surface area (Å²) < 4.78 is 4.99. The zero-order valence-corrected chi connectivity index (χ0v) is 15.8. The van der Waals surface area contributed by atoms with E-state index in [0.29, 0.717) is 19.3 Å². The van der Waals surface area contributed by atoms with Crippen molar-refractivity contribution in [2.75, 3.05) is 6.61 Å². The molecule has 0 aliphatic carbocycles. The van der Waals surface area contributed by atoms with Crippen LogP contribution in [0.4, 0.5) is 4.79 Å². The molecule has 0 aromatic heterocycles. The van der Waals surface area contributed by atoms with Gasteiger partial charge in [0.1, 0.15) is 5.54 Å². The van der Waals surface area contributed by atoms with Gasteiger partial charge in [-0.05, 0) is 36.8 Å². The number of cyclic esters (lactones) is 1. The summed E-state index contributed by atoms with van der Waals surface area (Å²) in [6, 6.07) is 8.46. The summed E-state index contributed by atoms with van der Waals surface area (Å²) in [4.78, 5) is 23.0. The Labute approximate surface area is 156 Å². The van der Waals surface area contributed by atoms with Crippen LogP contribution in [0.15, 0.2) is 24.3 Å². The lowest BCUT2D eigenvalue weighted by atomic mass is 9.89. The smallest absolute Gasteiger partial charge is 0.405 e. The molecule has 1 heterocycles. The van der Waals surface area contributed by atoms with E-state index in [9.17, 15) is 9.59 Å². The molecule has 26 heavy (non-hydrogen) atoms. The molecule has 1 saturated heterocycles. The van der Waals surface area contributed by atoms with Crippen molar-refractivity contribution in [3.8, 4) is 0 Å². The largest absolute Gasteiger partial charge is 0.465 e. The maximum absolute atomic E-state index is 12.0. The van der Waals surface area contributed by atoms with Gasteiger partial charge >= 0.3 is 12.1 Å². The lowest BCUT2D eigenvalue weighted by Gasteiger charge is -2.24. The fraction of sp³-hybridized carbons (Fsp3) is 0.619. The molecule has 0 bridgehead atoms. The van der Waals surface area contributed by atoms with Gasteiger partial charge in [-0.2, -0.15) is 0 Å². The molecule has 1 fully saturated rings. The van der Waals surface area contributed by atoms with Crippen LogP contribution < -0.4 is 5.32 Å². The highest BCUT2D eigenvalue weighted by Crippen LogP contribution is 2.26. The average Bonchev–Trinajstić information content (AvgIpc) is 2.97. The SMILES string of the molecule is CCCCCCCCc1ccc(CCC2(NC(=O)O)CCOC2=O)cc1. The predicted molar refractivity (Wildman–Crippen MR) is 101 cm³/mol. The molecule has 1 aliphatic heterocycles. The number of aryl methyl sites for hydroxylation is 2. The van der Waals surface area contributed by atoms with Gasteiger partial charge < -0.3 is 15.2 Å². The molecular weight excluding hydrogens is 330 g/mol. The number of hydrogen-bond donors (Lipinski definition) is 2. The van der Waals surface area contributed by atoms with E-state index < -0.39 is 17.6 Å². The summed E-state index contributed by atoms with van der Waals surface area (Å²) in [5.41, 5.74) is 1.36. The number of nitrogens with one attached hydrogen (secondary N) is 1. The Morgan fingerprint density at radius 2 is 1.69 bits per heavy atom. The summed E-state index contributed by atoms with van der Waals surface area (Å²) >= 11 is 0. The summed E-state index contributed by atoms with van der Waals surface area (Å²) in [5, 5.41) is 11.4. The van der Waals surface area contributed by atoms with Crippen molar-refractivity contribution in [1.29, 1.82) is 0 Å². The second-order valence-electron chi connectivity index (χ2n) is 7.23. The van der Waals surface area contributed by atoms with Crippen LogP contribution in [0, 0.1) is 0 Å². The number of carbonyl (C=O) groups excluding carboxylic acids is 1. The lowest BCUT2D eigenvalue weighted by molar-refractivity contribution is -0.143. The van der Waals surface area contributed by atoms with Crippen molar-refractivity contribution in [2.45, 2.75) is 76.7 Å². The first-order valence-electron chi connectivity index (χ1n) is 9.82. The van der Waals surface area contributed by atoms with E-state index >= 15 is 0 Å². The van der Waals surface area contributed by atoms with E-state index in [4.69, 9.17) is 9.84 Å². The van der Waals surface area contributed by atoms with Crippen molar-refractivity contribution in [3.05, 3.63) is 35.4 Å². The van der Waals surface area contributed by atoms with Crippen molar-refractivity contribution in [3.63, 3.8) is 0 Å². The van der Waals surface area contributed by atoms with Crippen LogP contribution in [0.25, 0.3) is 0 Å². The van der Waals surface area contributed by atoms with Crippen LogP contribution in [-0.4, -0.2) is 29.3 Å². The zero-order chi connectivity index (χ0) is 18.8. The first kappa shape index (κ1) is 20.3. The monoisotopic (exact) mass is 361 g/mol.